The lowest BCUT2D eigenvalue weighted by Gasteiger charge is -2.17. The van der Waals surface area contributed by atoms with Gasteiger partial charge in [0, 0.05) is 17.7 Å². The highest BCUT2D eigenvalue weighted by atomic mass is 32.1. The zero-order valence-electron chi connectivity index (χ0n) is 14.5. The van der Waals surface area contributed by atoms with Gasteiger partial charge in [-0.15, -0.1) is 11.3 Å². The van der Waals surface area contributed by atoms with Crippen LogP contribution in [0.1, 0.15) is 23.0 Å². The average molecular weight is 389 g/mol. The van der Waals surface area contributed by atoms with Crippen molar-refractivity contribution in [3.05, 3.63) is 74.7 Å². The summed E-state index contributed by atoms with van der Waals surface area (Å²) < 4.78 is 27.8. The van der Waals surface area contributed by atoms with E-state index in [-0.39, 0.29) is 24.1 Å². The van der Waals surface area contributed by atoms with Crippen molar-refractivity contribution < 1.29 is 13.6 Å². The number of benzene rings is 1. The summed E-state index contributed by atoms with van der Waals surface area (Å²) in [4.78, 5) is 25.0. The zero-order valence-corrected chi connectivity index (χ0v) is 15.3. The molecule has 0 unspecified atom stereocenters. The van der Waals surface area contributed by atoms with Crippen LogP contribution < -0.4 is 10.9 Å². The second-order valence-electron chi connectivity index (χ2n) is 5.92. The first kappa shape index (κ1) is 18.9. The van der Waals surface area contributed by atoms with E-state index in [9.17, 15) is 18.4 Å². The van der Waals surface area contributed by atoms with E-state index in [2.05, 4.69) is 10.4 Å². The van der Waals surface area contributed by atoms with Crippen LogP contribution in [-0.2, 0) is 6.54 Å². The molecule has 0 saturated heterocycles. The maximum absolute atomic E-state index is 13.5. The third-order valence-electron chi connectivity index (χ3n) is 4.05. The highest BCUT2D eigenvalue weighted by Gasteiger charge is 2.15. The molecule has 0 radical (unpaired) electrons. The number of halogens is 2. The highest BCUT2D eigenvalue weighted by Crippen LogP contribution is 2.18. The zero-order chi connectivity index (χ0) is 19.4. The fraction of sp³-hybridized carbons (Fsp3) is 0.211. The van der Waals surface area contributed by atoms with Crippen LogP contribution in [0.2, 0.25) is 0 Å². The summed E-state index contributed by atoms with van der Waals surface area (Å²) in [6, 6.07) is 9.42. The molecule has 140 valence electrons. The number of carbonyl (C=O) groups is 1. The first-order valence-corrected chi connectivity index (χ1v) is 9.24. The van der Waals surface area contributed by atoms with Gasteiger partial charge < -0.3 is 5.32 Å². The number of amides is 1. The minimum absolute atomic E-state index is 0.171. The van der Waals surface area contributed by atoms with E-state index >= 15 is 0 Å². The molecule has 1 aromatic carbocycles. The van der Waals surface area contributed by atoms with Crippen molar-refractivity contribution in [3.8, 4) is 11.3 Å². The van der Waals surface area contributed by atoms with Crippen molar-refractivity contribution >= 4 is 17.2 Å². The Balaban J connectivity index is 1.81. The first-order valence-electron chi connectivity index (χ1n) is 8.36. The van der Waals surface area contributed by atoms with E-state index in [1.54, 1.807) is 12.1 Å². The standard InChI is InChI=1S/C19H17F2N3O2S/c1-2-13(22-19(26)17-4-3-9-27-17)11-24-18(25)8-7-16(23-24)12-5-6-14(20)15(21)10-12/h3-10,13H,2,11H2,1H3,(H,22,26)/t13-/m0/s1. The van der Waals surface area contributed by atoms with Gasteiger partial charge in [0.05, 0.1) is 17.1 Å². The van der Waals surface area contributed by atoms with Crippen LogP contribution in [0.3, 0.4) is 0 Å². The molecule has 1 atom stereocenters. The van der Waals surface area contributed by atoms with Gasteiger partial charge in [0.25, 0.3) is 11.5 Å². The number of nitrogens with zero attached hydrogens (tertiary/aromatic N) is 2. The second-order valence-corrected chi connectivity index (χ2v) is 6.87. The van der Waals surface area contributed by atoms with E-state index in [1.165, 1.54) is 34.2 Å². The largest absolute Gasteiger partial charge is 0.347 e. The fourth-order valence-electron chi connectivity index (χ4n) is 2.54. The molecule has 5 nitrogen and oxygen atoms in total. The number of rotatable bonds is 6. The van der Waals surface area contributed by atoms with Crippen LogP contribution in [0.5, 0.6) is 0 Å². The number of hydrogen-bond acceptors (Lipinski definition) is 4. The van der Waals surface area contributed by atoms with Crippen molar-refractivity contribution in [2.24, 2.45) is 0 Å². The third-order valence-corrected chi connectivity index (χ3v) is 4.92. The molecule has 0 bridgehead atoms. The molecular weight excluding hydrogens is 372 g/mol. The Morgan fingerprint density at radius 3 is 2.70 bits per heavy atom. The SMILES string of the molecule is CC[C@@H](Cn1nc(-c2ccc(F)c(F)c2)ccc1=O)NC(=O)c1cccs1. The molecule has 0 fully saturated rings. The second kappa shape index (κ2) is 8.22. The Bertz CT molecular complexity index is 1000. The van der Waals surface area contributed by atoms with Crippen LogP contribution in [0, 0.1) is 11.6 Å². The summed E-state index contributed by atoms with van der Waals surface area (Å²) in [6.45, 7) is 2.06. The number of carbonyl (C=O) groups excluding carboxylic acids is 1. The molecule has 1 amide bonds. The van der Waals surface area contributed by atoms with Crippen molar-refractivity contribution in [1.82, 2.24) is 15.1 Å². The molecule has 0 aliphatic carbocycles. The topological polar surface area (TPSA) is 64.0 Å². The van der Waals surface area contributed by atoms with Gasteiger partial charge in [0.2, 0.25) is 0 Å². The van der Waals surface area contributed by atoms with Gasteiger partial charge in [-0.3, -0.25) is 9.59 Å². The molecule has 1 N–H and O–H groups in total. The first-order chi connectivity index (χ1) is 13.0. The van der Waals surface area contributed by atoms with Crippen LogP contribution in [0.15, 0.2) is 52.6 Å². The summed E-state index contributed by atoms with van der Waals surface area (Å²) in [5.74, 6) is -2.14. The molecule has 0 spiro atoms. The number of aromatic nitrogens is 2. The van der Waals surface area contributed by atoms with Gasteiger partial charge in [-0.2, -0.15) is 5.10 Å². The normalized spacial score (nSPS) is 12.0. The van der Waals surface area contributed by atoms with E-state index in [0.717, 1.165) is 12.1 Å². The van der Waals surface area contributed by atoms with Gasteiger partial charge in [0.15, 0.2) is 11.6 Å². The minimum Gasteiger partial charge on any atom is -0.347 e. The molecule has 2 aromatic heterocycles. The molecule has 0 saturated carbocycles. The van der Waals surface area contributed by atoms with Crippen molar-refractivity contribution in [2.75, 3.05) is 0 Å². The third kappa shape index (κ3) is 4.46. The Kier molecular flexibility index (Phi) is 5.75. The summed E-state index contributed by atoms with van der Waals surface area (Å²) in [7, 11) is 0. The average Bonchev–Trinajstić information content (AvgIpc) is 3.20. The van der Waals surface area contributed by atoms with Crippen LogP contribution >= 0.6 is 11.3 Å². The van der Waals surface area contributed by atoms with Crippen LogP contribution in [0.4, 0.5) is 8.78 Å². The maximum Gasteiger partial charge on any atom is 0.266 e. The molecule has 2 heterocycles. The maximum atomic E-state index is 13.5. The van der Waals surface area contributed by atoms with Gasteiger partial charge in [-0.1, -0.05) is 13.0 Å². The molecule has 0 aliphatic rings. The summed E-state index contributed by atoms with van der Waals surface area (Å²) in [6.07, 6.45) is 0.598. The lowest BCUT2D eigenvalue weighted by atomic mass is 10.1. The summed E-state index contributed by atoms with van der Waals surface area (Å²) >= 11 is 1.33. The molecule has 3 rings (SSSR count). The monoisotopic (exact) mass is 389 g/mol. The van der Waals surface area contributed by atoms with Gasteiger partial charge >= 0.3 is 0 Å². The predicted molar refractivity (Wildman–Crippen MR) is 99.7 cm³/mol. The summed E-state index contributed by atoms with van der Waals surface area (Å²) in [5.41, 5.74) is 0.358. The molecule has 8 heteroatoms. The Morgan fingerprint density at radius 1 is 1.22 bits per heavy atom. The van der Waals surface area contributed by atoms with Crippen LogP contribution in [-0.4, -0.2) is 21.7 Å². The smallest absolute Gasteiger partial charge is 0.266 e. The Morgan fingerprint density at radius 2 is 2.04 bits per heavy atom. The number of hydrogen-bond donors (Lipinski definition) is 1. The fourth-order valence-corrected chi connectivity index (χ4v) is 3.17. The molecule has 27 heavy (non-hydrogen) atoms. The van der Waals surface area contributed by atoms with Gasteiger partial charge in [-0.05, 0) is 42.1 Å². The van der Waals surface area contributed by atoms with E-state index in [4.69, 9.17) is 0 Å². The molecular formula is C19H17F2N3O2S. The van der Waals surface area contributed by atoms with Crippen LogP contribution in [0.25, 0.3) is 11.3 Å². The lowest BCUT2D eigenvalue weighted by molar-refractivity contribution is 0.0935. The van der Waals surface area contributed by atoms with E-state index < -0.39 is 11.6 Å². The van der Waals surface area contributed by atoms with E-state index in [0.29, 0.717) is 22.6 Å². The number of thiophene rings is 1. The highest BCUT2D eigenvalue weighted by molar-refractivity contribution is 7.12. The lowest BCUT2D eigenvalue weighted by Crippen LogP contribution is -2.40. The predicted octanol–water partition coefficient (Wildman–Crippen LogP) is 3.46. The Labute approximate surface area is 158 Å². The van der Waals surface area contributed by atoms with Gasteiger partial charge in [-0.25, -0.2) is 13.5 Å². The quantitative estimate of drug-likeness (QED) is 0.702. The number of nitrogens with one attached hydrogen (secondary N) is 1. The van der Waals surface area contributed by atoms with Crippen molar-refractivity contribution in [3.63, 3.8) is 0 Å². The van der Waals surface area contributed by atoms with E-state index in [1.807, 2.05) is 12.3 Å². The van der Waals surface area contributed by atoms with Crippen molar-refractivity contribution in [2.45, 2.75) is 25.9 Å². The summed E-state index contributed by atoms with van der Waals surface area (Å²) in [5, 5.41) is 8.93. The molecule has 0 aliphatic heterocycles. The Hall–Kier alpha value is -2.87. The minimum atomic E-state index is -0.985. The van der Waals surface area contributed by atoms with Gasteiger partial charge in [0.1, 0.15) is 0 Å². The molecule has 3 aromatic rings. The van der Waals surface area contributed by atoms with Crippen molar-refractivity contribution in [1.29, 1.82) is 0 Å².